The van der Waals surface area contributed by atoms with E-state index in [1.807, 2.05) is 0 Å². The molecule has 3 nitrogen and oxygen atoms in total. The van der Waals surface area contributed by atoms with Gasteiger partial charge in [-0.25, -0.2) is 0 Å². The fraction of sp³-hybridized carbons (Fsp3) is 0.615. The number of aryl methyl sites for hydroxylation is 2. The van der Waals surface area contributed by atoms with Gasteiger partial charge in [0.15, 0.2) is 0 Å². The lowest BCUT2D eigenvalue weighted by molar-refractivity contribution is 0.591. The lowest BCUT2D eigenvalue weighted by Crippen LogP contribution is -2.13. The predicted molar refractivity (Wildman–Crippen MR) is 68.5 cm³/mol. The van der Waals surface area contributed by atoms with Gasteiger partial charge in [-0.2, -0.15) is 5.10 Å². The number of allylic oxidation sites excluding steroid dienone is 1. The summed E-state index contributed by atoms with van der Waals surface area (Å²) in [5, 5.41) is 7.92. The molecule has 1 aromatic heterocycles. The highest BCUT2D eigenvalue weighted by molar-refractivity contribution is 5.24. The van der Waals surface area contributed by atoms with Gasteiger partial charge >= 0.3 is 0 Å². The van der Waals surface area contributed by atoms with Gasteiger partial charge in [0, 0.05) is 24.3 Å². The third-order valence-corrected chi connectivity index (χ3v) is 2.83. The van der Waals surface area contributed by atoms with Gasteiger partial charge < -0.3 is 5.32 Å². The van der Waals surface area contributed by atoms with Crippen LogP contribution in [-0.4, -0.2) is 16.3 Å². The van der Waals surface area contributed by atoms with E-state index in [1.165, 1.54) is 16.8 Å². The van der Waals surface area contributed by atoms with Crippen LogP contribution in [0.4, 0.5) is 0 Å². The van der Waals surface area contributed by atoms with Gasteiger partial charge in [0.1, 0.15) is 0 Å². The minimum absolute atomic E-state index is 0.918. The quantitative estimate of drug-likeness (QED) is 0.748. The molecule has 1 N–H and O–H groups in total. The lowest BCUT2D eigenvalue weighted by Gasteiger charge is -2.05. The molecule has 0 saturated heterocycles. The number of nitrogens with one attached hydrogen (secondary N) is 1. The Labute approximate surface area is 98.5 Å². The summed E-state index contributed by atoms with van der Waals surface area (Å²) < 4.78 is 2.09. The van der Waals surface area contributed by atoms with Crippen molar-refractivity contribution in [3.05, 3.63) is 29.1 Å². The molecule has 1 heterocycles. The summed E-state index contributed by atoms with van der Waals surface area (Å²) in [6.45, 7) is 15.2. The second-order valence-electron chi connectivity index (χ2n) is 4.36. The first kappa shape index (κ1) is 13.0. The van der Waals surface area contributed by atoms with Crippen LogP contribution in [0.25, 0.3) is 0 Å². The van der Waals surface area contributed by atoms with Crippen LogP contribution in [0.5, 0.6) is 0 Å². The smallest absolute Gasteiger partial charge is 0.0641 e. The Morgan fingerprint density at radius 2 is 2.12 bits per heavy atom. The summed E-state index contributed by atoms with van der Waals surface area (Å²) in [6.07, 6.45) is 1.00. The lowest BCUT2D eigenvalue weighted by atomic mass is 10.2. The monoisotopic (exact) mass is 221 g/mol. The van der Waals surface area contributed by atoms with Crippen LogP contribution in [0.3, 0.4) is 0 Å². The van der Waals surface area contributed by atoms with E-state index >= 15 is 0 Å². The first-order valence-corrected chi connectivity index (χ1v) is 5.94. The largest absolute Gasteiger partial charge is 0.313 e. The Bertz CT molecular complexity index is 363. The summed E-state index contributed by atoms with van der Waals surface area (Å²) in [7, 11) is 0. The Morgan fingerprint density at radius 1 is 1.44 bits per heavy atom. The van der Waals surface area contributed by atoms with Crippen LogP contribution in [0, 0.1) is 13.8 Å². The van der Waals surface area contributed by atoms with Crippen LogP contribution in [0.1, 0.15) is 37.2 Å². The van der Waals surface area contributed by atoms with Crippen molar-refractivity contribution >= 4 is 0 Å². The van der Waals surface area contributed by atoms with E-state index in [2.05, 4.69) is 49.4 Å². The van der Waals surface area contributed by atoms with Gasteiger partial charge in [-0.15, -0.1) is 6.58 Å². The highest BCUT2D eigenvalue weighted by Crippen LogP contribution is 2.13. The van der Waals surface area contributed by atoms with E-state index in [0.29, 0.717) is 0 Å². The Morgan fingerprint density at radius 3 is 2.69 bits per heavy atom. The molecule has 1 aromatic rings. The SMILES string of the molecule is C=C(C)CCn1nc(C)c(CNCC)c1C. The van der Waals surface area contributed by atoms with Gasteiger partial charge in [-0.05, 0) is 33.7 Å². The third kappa shape index (κ3) is 3.20. The summed E-state index contributed by atoms with van der Waals surface area (Å²) in [4.78, 5) is 0. The molecule has 3 heteroatoms. The van der Waals surface area contributed by atoms with Gasteiger partial charge in [0.2, 0.25) is 0 Å². The third-order valence-electron chi connectivity index (χ3n) is 2.83. The summed E-state index contributed by atoms with van der Waals surface area (Å²) >= 11 is 0. The standard InChI is InChI=1S/C13H23N3/c1-6-14-9-13-11(4)15-16(12(13)5)8-7-10(2)3/h14H,2,6-9H2,1,3-5H3. The van der Waals surface area contributed by atoms with Gasteiger partial charge in [-0.3, -0.25) is 4.68 Å². The van der Waals surface area contributed by atoms with Crippen molar-refractivity contribution in [2.75, 3.05) is 6.54 Å². The molecule has 1 rings (SSSR count). The van der Waals surface area contributed by atoms with Gasteiger partial charge in [0.25, 0.3) is 0 Å². The summed E-state index contributed by atoms with van der Waals surface area (Å²) in [6, 6.07) is 0. The van der Waals surface area contributed by atoms with Crippen LogP contribution in [0.15, 0.2) is 12.2 Å². The molecule has 0 bridgehead atoms. The molecule has 0 unspecified atom stereocenters. The molecule has 0 aliphatic carbocycles. The normalized spacial score (nSPS) is 10.8. The molecule has 0 aliphatic rings. The fourth-order valence-corrected chi connectivity index (χ4v) is 1.75. The van der Waals surface area contributed by atoms with E-state index < -0.39 is 0 Å². The molecule has 0 saturated carbocycles. The van der Waals surface area contributed by atoms with Crippen LogP contribution >= 0.6 is 0 Å². The van der Waals surface area contributed by atoms with Crippen molar-refractivity contribution in [2.24, 2.45) is 0 Å². The van der Waals surface area contributed by atoms with Crippen molar-refractivity contribution in [1.82, 2.24) is 15.1 Å². The molecule has 90 valence electrons. The van der Waals surface area contributed by atoms with E-state index in [0.717, 1.165) is 31.7 Å². The molecule has 0 aliphatic heterocycles. The topological polar surface area (TPSA) is 29.9 Å². The number of rotatable bonds is 6. The van der Waals surface area contributed by atoms with E-state index in [-0.39, 0.29) is 0 Å². The molecule has 0 fully saturated rings. The van der Waals surface area contributed by atoms with Crippen molar-refractivity contribution in [1.29, 1.82) is 0 Å². The molecule has 0 radical (unpaired) electrons. The van der Waals surface area contributed by atoms with Crippen LogP contribution < -0.4 is 5.32 Å². The maximum Gasteiger partial charge on any atom is 0.0641 e. The van der Waals surface area contributed by atoms with Gasteiger partial charge in [-0.1, -0.05) is 12.5 Å². The number of hydrogen-bond acceptors (Lipinski definition) is 2. The molecule has 0 atom stereocenters. The summed E-state index contributed by atoms with van der Waals surface area (Å²) in [5.41, 5.74) is 4.96. The van der Waals surface area contributed by atoms with Crippen molar-refractivity contribution in [3.8, 4) is 0 Å². The molecule has 0 amide bonds. The first-order valence-electron chi connectivity index (χ1n) is 5.94. The zero-order valence-corrected chi connectivity index (χ0v) is 10.9. The van der Waals surface area contributed by atoms with Gasteiger partial charge in [0.05, 0.1) is 5.69 Å². The zero-order valence-electron chi connectivity index (χ0n) is 10.9. The molecule has 0 aromatic carbocycles. The molecular formula is C13H23N3. The maximum atomic E-state index is 4.57. The predicted octanol–water partition coefficient (Wildman–Crippen LogP) is 2.58. The molecule has 0 spiro atoms. The Kier molecular flexibility index (Phi) is 4.74. The molecular weight excluding hydrogens is 198 g/mol. The maximum absolute atomic E-state index is 4.57. The Hall–Kier alpha value is -1.09. The molecule has 16 heavy (non-hydrogen) atoms. The number of aromatic nitrogens is 2. The van der Waals surface area contributed by atoms with E-state index in [4.69, 9.17) is 0 Å². The minimum atomic E-state index is 0.918. The average Bonchev–Trinajstić information content (AvgIpc) is 2.49. The van der Waals surface area contributed by atoms with Crippen molar-refractivity contribution in [3.63, 3.8) is 0 Å². The van der Waals surface area contributed by atoms with Crippen LogP contribution in [0.2, 0.25) is 0 Å². The Balaban J connectivity index is 2.75. The van der Waals surface area contributed by atoms with Crippen LogP contribution in [-0.2, 0) is 13.1 Å². The highest BCUT2D eigenvalue weighted by Gasteiger charge is 2.10. The van der Waals surface area contributed by atoms with E-state index in [1.54, 1.807) is 0 Å². The summed E-state index contributed by atoms with van der Waals surface area (Å²) in [5.74, 6) is 0. The zero-order chi connectivity index (χ0) is 12.1. The van der Waals surface area contributed by atoms with Crippen molar-refractivity contribution in [2.45, 2.75) is 47.2 Å². The average molecular weight is 221 g/mol. The second kappa shape index (κ2) is 5.85. The minimum Gasteiger partial charge on any atom is -0.313 e. The fourth-order valence-electron chi connectivity index (χ4n) is 1.75. The van der Waals surface area contributed by atoms with Crippen molar-refractivity contribution < 1.29 is 0 Å². The number of nitrogens with zero attached hydrogens (tertiary/aromatic N) is 2. The first-order chi connectivity index (χ1) is 7.56. The number of hydrogen-bond donors (Lipinski definition) is 1. The highest BCUT2D eigenvalue weighted by atomic mass is 15.3. The van der Waals surface area contributed by atoms with E-state index in [9.17, 15) is 0 Å². The second-order valence-corrected chi connectivity index (χ2v) is 4.36.